The van der Waals surface area contributed by atoms with Gasteiger partial charge in [0.05, 0.1) is 5.52 Å². The maximum absolute atomic E-state index is 12.7. The van der Waals surface area contributed by atoms with E-state index in [0.717, 1.165) is 16.5 Å². The second kappa shape index (κ2) is 7.61. The summed E-state index contributed by atoms with van der Waals surface area (Å²) in [5.74, 6) is 1.92. The summed E-state index contributed by atoms with van der Waals surface area (Å²) in [5, 5.41) is 11.3. The highest BCUT2D eigenvalue weighted by atomic mass is 35.5. The number of aromatic nitrogens is 2. The number of anilines is 1. The molecule has 1 aliphatic rings. The molecule has 150 valence electrons. The number of carbonyl (C=O) groups excluding carboxylic acids is 1. The van der Waals surface area contributed by atoms with Crippen molar-refractivity contribution in [2.75, 3.05) is 12.1 Å². The average Bonchev–Trinajstić information content (AvgIpc) is 3.39. The van der Waals surface area contributed by atoms with E-state index in [1.165, 1.54) is 0 Å². The largest absolute Gasteiger partial charge is 0.489 e. The van der Waals surface area contributed by atoms with Crippen LogP contribution >= 0.6 is 11.6 Å². The normalized spacial score (nSPS) is 12.2. The Bertz CT molecular complexity index is 1250. The molecular weight excluding hydrogens is 406 g/mol. The molecule has 7 nitrogen and oxygen atoms in total. The van der Waals surface area contributed by atoms with Crippen molar-refractivity contribution in [3.05, 3.63) is 76.8 Å². The predicted octanol–water partition coefficient (Wildman–Crippen LogP) is 4.78. The lowest BCUT2D eigenvalue weighted by molar-refractivity contribution is 0.102. The van der Waals surface area contributed by atoms with Crippen LogP contribution in [0.15, 0.2) is 60.7 Å². The zero-order valence-electron chi connectivity index (χ0n) is 15.6. The average molecular weight is 422 g/mol. The van der Waals surface area contributed by atoms with Crippen LogP contribution in [0.3, 0.4) is 0 Å². The lowest BCUT2D eigenvalue weighted by Crippen LogP contribution is -2.12. The Hall–Kier alpha value is -3.71. The third-order valence-electron chi connectivity index (χ3n) is 4.75. The van der Waals surface area contributed by atoms with Gasteiger partial charge < -0.3 is 19.5 Å². The van der Waals surface area contributed by atoms with Crippen molar-refractivity contribution in [1.29, 1.82) is 0 Å². The molecule has 1 amide bonds. The maximum atomic E-state index is 12.7. The summed E-state index contributed by atoms with van der Waals surface area (Å²) in [4.78, 5) is 12.7. The van der Waals surface area contributed by atoms with Crippen LogP contribution in [0.4, 0.5) is 5.82 Å². The van der Waals surface area contributed by atoms with E-state index in [0.29, 0.717) is 40.3 Å². The molecule has 0 unspecified atom stereocenters. The van der Waals surface area contributed by atoms with Crippen molar-refractivity contribution in [2.45, 2.75) is 6.61 Å². The van der Waals surface area contributed by atoms with Crippen LogP contribution in [0.1, 0.15) is 15.9 Å². The number of hydrogen-bond acceptors (Lipinski definition) is 5. The molecule has 0 bridgehead atoms. The van der Waals surface area contributed by atoms with Gasteiger partial charge in [0.2, 0.25) is 6.79 Å². The Labute approximate surface area is 176 Å². The minimum absolute atomic E-state index is 0.154. The van der Waals surface area contributed by atoms with E-state index in [-0.39, 0.29) is 12.7 Å². The fourth-order valence-corrected chi connectivity index (χ4v) is 3.36. The quantitative estimate of drug-likeness (QED) is 0.484. The van der Waals surface area contributed by atoms with Crippen LogP contribution in [-0.2, 0) is 6.61 Å². The van der Waals surface area contributed by atoms with Crippen molar-refractivity contribution < 1.29 is 19.0 Å². The third-order valence-corrected chi connectivity index (χ3v) is 5.12. The number of amides is 1. The molecule has 1 aliphatic heterocycles. The first-order valence-corrected chi connectivity index (χ1v) is 9.60. The summed E-state index contributed by atoms with van der Waals surface area (Å²) >= 11 is 6.18. The Morgan fingerprint density at radius 3 is 2.87 bits per heavy atom. The number of halogens is 1. The van der Waals surface area contributed by atoms with E-state index in [4.69, 9.17) is 25.8 Å². The number of ether oxygens (including phenoxy) is 3. The highest BCUT2D eigenvalue weighted by Gasteiger charge is 2.18. The molecule has 0 atom stereocenters. The van der Waals surface area contributed by atoms with E-state index >= 15 is 0 Å². The Morgan fingerprint density at radius 1 is 1.10 bits per heavy atom. The third kappa shape index (κ3) is 3.51. The number of benzene rings is 3. The van der Waals surface area contributed by atoms with E-state index in [9.17, 15) is 4.79 Å². The van der Waals surface area contributed by atoms with Gasteiger partial charge in [0, 0.05) is 21.5 Å². The summed E-state index contributed by atoms with van der Waals surface area (Å²) in [7, 11) is 0. The Morgan fingerprint density at radius 2 is 1.97 bits per heavy atom. The van der Waals surface area contributed by atoms with Gasteiger partial charge in [-0.2, -0.15) is 5.10 Å². The second-order valence-electron chi connectivity index (χ2n) is 6.68. The zero-order valence-corrected chi connectivity index (χ0v) is 16.4. The van der Waals surface area contributed by atoms with Crippen LogP contribution < -0.4 is 19.5 Å². The van der Waals surface area contributed by atoms with Gasteiger partial charge in [0.15, 0.2) is 17.3 Å². The van der Waals surface area contributed by atoms with E-state index < -0.39 is 0 Å². The standard InChI is InChI=1S/C22H16ClN3O4/c23-17-4-2-1-3-14(17)11-28-15-6-7-18-16(10-15)21(26-25-18)24-22(27)13-5-8-19-20(9-13)30-12-29-19/h1-10H,11-12H2,(H2,24,25,26,27). The fraction of sp³-hybridized carbons (Fsp3) is 0.0909. The second-order valence-corrected chi connectivity index (χ2v) is 7.09. The first kappa shape index (κ1) is 18.3. The van der Waals surface area contributed by atoms with Crippen LogP contribution in [-0.4, -0.2) is 22.9 Å². The lowest BCUT2D eigenvalue weighted by atomic mass is 10.2. The molecule has 0 spiro atoms. The van der Waals surface area contributed by atoms with Gasteiger partial charge in [-0.25, -0.2) is 0 Å². The number of aromatic amines is 1. The van der Waals surface area contributed by atoms with Crippen LogP contribution in [0.25, 0.3) is 10.9 Å². The van der Waals surface area contributed by atoms with Crippen molar-refractivity contribution in [3.8, 4) is 17.2 Å². The van der Waals surface area contributed by atoms with Crippen LogP contribution in [0.2, 0.25) is 5.02 Å². The number of H-pyrrole nitrogens is 1. The minimum atomic E-state index is -0.302. The van der Waals surface area contributed by atoms with E-state index in [1.807, 2.05) is 42.5 Å². The number of nitrogens with one attached hydrogen (secondary N) is 2. The Balaban J connectivity index is 1.35. The SMILES string of the molecule is O=C(Nc1n[nH]c2ccc(OCc3ccccc3Cl)cc12)c1ccc2c(c1)OCO2. The van der Waals surface area contributed by atoms with Gasteiger partial charge in [0.25, 0.3) is 5.91 Å². The number of rotatable bonds is 5. The molecule has 30 heavy (non-hydrogen) atoms. The maximum Gasteiger partial charge on any atom is 0.257 e. The molecule has 0 radical (unpaired) electrons. The molecule has 0 saturated carbocycles. The van der Waals surface area contributed by atoms with Crippen molar-refractivity contribution >= 4 is 34.2 Å². The lowest BCUT2D eigenvalue weighted by Gasteiger charge is -2.08. The van der Waals surface area contributed by atoms with Gasteiger partial charge in [-0.3, -0.25) is 9.89 Å². The topological polar surface area (TPSA) is 85.5 Å². The summed E-state index contributed by atoms with van der Waals surface area (Å²) in [5.41, 5.74) is 2.12. The van der Waals surface area contributed by atoms with Crippen LogP contribution in [0.5, 0.6) is 17.2 Å². The molecule has 0 fully saturated rings. The highest BCUT2D eigenvalue weighted by molar-refractivity contribution is 6.31. The predicted molar refractivity (Wildman–Crippen MR) is 112 cm³/mol. The zero-order chi connectivity index (χ0) is 20.5. The molecule has 0 saturated heterocycles. The molecule has 3 aromatic carbocycles. The minimum Gasteiger partial charge on any atom is -0.489 e. The van der Waals surface area contributed by atoms with Crippen LogP contribution in [0, 0.1) is 0 Å². The number of fused-ring (bicyclic) bond motifs is 2. The molecule has 2 heterocycles. The molecule has 5 rings (SSSR count). The number of carbonyl (C=O) groups is 1. The smallest absolute Gasteiger partial charge is 0.257 e. The highest BCUT2D eigenvalue weighted by Crippen LogP contribution is 2.33. The molecule has 8 heteroatoms. The molecular formula is C22H16ClN3O4. The van der Waals surface area contributed by atoms with E-state index in [1.54, 1.807) is 18.2 Å². The van der Waals surface area contributed by atoms with Crippen molar-refractivity contribution in [1.82, 2.24) is 10.2 Å². The summed E-state index contributed by atoms with van der Waals surface area (Å²) < 4.78 is 16.5. The molecule has 1 aromatic heterocycles. The van der Waals surface area contributed by atoms with Gasteiger partial charge >= 0.3 is 0 Å². The summed E-state index contributed by atoms with van der Waals surface area (Å²) in [6.07, 6.45) is 0. The van der Waals surface area contributed by atoms with Gasteiger partial charge in [0.1, 0.15) is 12.4 Å². The molecule has 4 aromatic rings. The first-order chi connectivity index (χ1) is 14.7. The monoisotopic (exact) mass is 421 g/mol. The van der Waals surface area contributed by atoms with Gasteiger partial charge in [-0.05, 0) is 42.5 Å². The van der Waals surface area contributed by atoms with Crippen molar-refractivity contribution in [3.63, 3.8) is 0 Å². The summed E-state index contributed by atoms with van der Waals surface area (Å²) in [6.45, 7) is 0.489. The first-order valence-electron chi connectivity index (χ1n) is 9.23. The molecule has 2 N–H and O–H groups in total. The van der Waals surface area contributed by atoms with E-state index in [2.05, 4.69) is 15.5 Å². The number of nitrogens with zero attached hydrogens (tertiary/aromatic N) is 1. The summed E-state index contributed by atoms with van der Waals surface area (Å²) in [6, 6.07) is 18.1. The van der Waals surface area contributed by atoms with Crippen molar-refractivity contribution in [2.24, 2.45) is 0 Å². The van der Waals surface area contributed by atoms with Gasteiger partial charge in [-0.15, -0.1) is 0 Å². The van der Waals surface area contributed by atoms with Gasteiger partial charge in [-0.1, -0.05) is 29.8 Å². The number of hydrogen-bond donors (Lipinski definition) is 2. The molecule has 0 aliphatic carbocycles. The fourth-order valence-electron chi connectivity index (χ4n) is 3.17. The Kier molecular flexibility index (Phi) is 4.65.